The number of anilines is 2. The number of halogens is 3. The molecule has 144 valence electrons. The third-order valence-corrected chi connectivity index (χ3v) is 5.64. The number of benzene rings is 2. The molecule has 1 amide bonds. The number of sulfonamides is 1. The van der Waals surface area contributed by atoms with Crippen LogP contribution >= 0.6 is 0 Å². The zero-order chi connectivity index (χ0) is 20.2. The molecule has 2 aliphatic rings. The summed E-state index contributed by atoms with van der Waals surface area (Å²) >= 11 is 0. The maximum Gasteiger partial charge on any atom is 0.472 e. The maximum atomic E-state index is 13.0. The van der Waals surface area contributed by atoms with Gasteiger partial charge in [0.1, 0.15) is 4.90 Å². The maximum absolute atomic E-state index is 13.0. The van der Waals surface area contributed by atoms with Crippen molar-refractivity contribution >= 4 is 27.3 Å². The molecule has 0 spiro atoms. The molecule has 27 heavy (non-hydrogen) atoms. The summed E-state index contributed by atoms with van der Waals surface area (Å²) in [5.41, 5.74) is -0.656. The highest BCUT2D eigenvalue weighted by molar-refractivity contribution is 7.90. The van der Waals surface area contributed by atoms with E-state index in [1.54, 1.807) is 51.1 Å². The van der Waals surface area contributed by atoms with Gasteiger partial charge in [-0.15, -0.1) is 0 Å². The lowest BCUT2D eigenvalue weighted by Crippen LogP contribution is -2.47. The quantitative estimate of drug-likeness (QED) is 0.851. The average Bonchev–Trinajstić information content (AvgIpc) is 2.52. The Labute approximate surface area is 154 Å². The fourth-order valence-electron chi connectivity index (χ4n) is 2.93. The number of fused-ring (bicyclic) bond motifs is 2. The van der Waals surface area contributed by atoms with E-state index in [0.29, 0.717) is 10.5 Å². The van der Waals surface area contributed by atoms with Gasteiger partial charge in [0.2, 0.25) is 10.0 Å². The average molecular weight is 398 g/mol. The molecule has 2 aromatic carbocycles. The summed E-state index contributed by atoms with van der Waals surface area (Å²) in [6.07, 6.45) is -5.13. The second-order valence-electron chi connectivity index (χ2n) is 7.17. The van der Waals surface area contributed by atoms with Gasteiger partial charge in [-0.25, -0.2) is 13.1 Å². The van der Waals surface area contributed by atoms with Crippen molar-refractivity contribution < 1.29 is 26.4 Å². The molecule has 2 heterocycles. The number of rotatable bonds is 3. The zero-order valence-electron chi connectivity index (χ0n) is 14.8. The molecule has 0 aromatic heterocycles. The first-order valence-electron chi connectivity index (χ1n) is 8.00. The highest BCUT2D eigenvalue weighted by Gasteiger charge is 2.51. The van der Waals surface area contributed by atoms with E-state index in [-0.39, 0.29) is 21.8 Å². The Morgan fingerprint density at radius 1 is 1.00 bits per heavy atom. The van der Waals surface area contributed by atoms with E-state index < -0.39 is 27.6 Å². The third-order valence-electron chi connectivity index (χ3n) is 3.81. The Hall–Kier alpha value is -2.39. The molecule has 0 atom stereocenters. The Balaban J connectivity index is 2.21. The van der Waals surface area contributed by atoms with Crippen LogP contribution in [0.25, 0.3) is 11.1 Å². The third kappa shape index (κ3) is 3.44. The van der Waals surface area contributed by atoms with Crippen molar-refractivity contribution in [1.29, 1.82) is 0 Å². The van der Waals surface area contributed by atoms with Crippen LogP contribution in [-0.4, -0.2) is 26.0 Å². The van der Waals surface area contributed by atoms with E-state index in [1.165, 1.54) is 12.1 Å². The van der Waals surface area contributed by atoms with Gasteiger partial charge in [0.15, 0.2) is 0 Å². The van der Waals surface area contributed by atoms with Crippen LogP contribution in [0.5, 0.6) is 0 Å². The molecular weight excluding hydrogens is 381 g/mol. The van der Waals surface area contributed by atoms with Crippen molar-refractivity contribution in [2.75, 3.05) is 4.90 Å². The van der Waals surface area contributed by atoms with Crippen LogP contribution in [-0.2, 0) is 14.8 Å². The fourth-order valence-corrected chi connectivity index (χ4v) is 4.73. The summed E-state index contributed by atoms with van der Waals surface area (Å²) in [5, 5.41) is 0. The van der Waals surface area contributed by atoms with Crippen LogP contribution in [0.2, 0.25) is 0 Å². The molecule has 0 fully saturated rings. The largest absolute Gasteiger partial charge is 0.472 e. The molecule has 0 saturated heterocycles. The van der Waals surface area contributed by atoms with Crippen LogP contribution in [0.3, 0.4) is 0 Å². The van der Waals surface area contributed by atoms with Crippen LogP contribution in [0, 0.1) is 0 Å². The summed E-state index contributed by atoms with van der Waals surface area (Å²) in [4.78, 5) is 12.0. The molecular formula is C18H17F3N2O3S. The molecule has 2 aromatic rings. The Kier molecular flexibility index (Phi) is 4.35. The zero-order valence-corrected chi connectivity index (χ0v) is 15.6. The summed E-state index contributed by atoms with van der Waals surface area (Å²) in [5.74, 6) is -2.13. The molecule has 5 nitrogen and oxygen atoms in total. The van der Waals surface area contributed by atoms with Crippen molar-refractivity contribution in [3.63, 3.8) is 0 Å². The molecule has 2 bridgehead atoms. The van der Waals surface area contributed by atoms with Crippen molar-refractivity contribution in [2.45, 2.75) is 37.4 Å². The normalized spacial score (nSPS) is 14.1. The highest BCUT2D eigenvalue weighted by atomic mass is 32.2. The molecule has 2 aliphatic heterocycles. The first-order chi connectivity index (χ1) is 12.3. The van der Waals surface area contributed by atoms with E-state index in [9.17, 15) is 26.4 Å². The molecule has 1 N–H and O–H groups in total. The van der Waals surface area contributed by atoms with Gasteiger partial charge >= 0.3 is 12.1 Å². The lowest BCUT2D eigenvalue weighted by molar-refractivity contribution is -0.169. The minimum atomic E-state index is -5.13. The van der Waals surface area contributed by atoms with E-state index >= 15 is 0 Å². The predicted octanol–water partition coefficient (Wildman–Crippen LogP) is 3.97. The number of nitrogens with zero attached hydrogens (tertiary/aromatic N) is 1. The van der Waals surface area contributed by atoms with Gasteiger partial charge < -0.3 is 0 Å². The summed E-state index contributed by atoms with van der Waals surface area (Å²) in [6, 6.07) is 11.1. The van der Waals surface area contributed by atoms with Gasteiger partial charge in [-0.05, 0) is 32.4 Å². The standard InChI is InChI=1S/C18H17F3N2O3S/c1-17(2,3)22-27(25,26)15-13-10-9-12(11-7-5-4-6-8-11)14(15)23(13)16(24)18(19,20)21/h4-10,22H,1-3H3. The monoisotopic (exact) mass is 398 g/mol. The van der Waals surface area contributed by atoms with Gasteiger partial charge in [-0.1, -0.05) is 36.4 Å². The lowest BCUT2D eigenvalue weighted by atomic mass is 9.96. The van der Waals surface area contributed by atoms with Crippen LogP contribution in [0.15, 0.2) is 47.4 Å². The topological polar surface area (TPSA) is 66.5 Å². The number of alkyl halides is 3. The van der Waals surface area contributed by atoms with Gasteiger partial charge in [0.25, 0.3) is 0 Å². The van der Waals surface area contributed by atoms with E-state index in [1.807, 2.05) is 0 Å². The van der Waals surface area contributed by atoms with E-state index in [4.69, 9.17) is 0 Å². The first-order valence-corrected chi connectivity index (χ1v) is 9.49. The predicted molar refractivity (Wildman–Crippen MR) is 95.2 cm³/mol. The molecule has 0 saturated carbocycles. The van der Waals surface area contributed by atoms with E-state index in [2.05, 4.69) is 4.72 Å². The van der Waals surface area contributed by atoms with Crippen LogP contribution in [0.4, 0.5) is 24.5 Å². The number of nitrogens with one attached hydrogen (secondary N) is 1. The first kappa shape index (κ1) is 19.4. The number of hydrogen-bond acceptors (Lipinski definition) is 3. The van der Waals surface area contributed by atoms with Crippen LogP contribution in [0.1, 0.15) is 20.8 Å². The van der Waals surface area contributed by atoms with Crippen molar-refractivity contribution in [2.24, 2.45) is 0 Å². The molecule has 0 radical (unpaired) electrons. The molecule has 0 aliphatic carbocycles. The highest BCUT2D eigenvalue weighted by Crippen LogP contribution is 2.54. The summed E-state index contributed by atoms with van der Waals surface area (Å²) in [6.45, 7) is 4.85. The second kappa shape index (κ2) is 6.07. The van der Waals surface area contributed by atoms with Crippen molar-refractivity contribution in [1.82, 2.24) is 4.72 Å². The minimum absolute atomic E-state index is 0.234. The van der Waals surface area contributed by atoms with Gasteiger partial charge in [-0.3, -0.25) is 9.69 Å². The summed E-state index contributed by atoms with van der Waals surface area (Å²) < 4.78 is 67.1. The van der Waals surface area contributed by atoms with Gasteiger partial charge in [0, 0.05) is 11.1 Å². The Bertz CT molecular complexity index is 1010. The number of carbonyl (C=O) groups excluding carboxylic acids is 1. The Morgan fingerprint density at radius 2 is 1.59 bits per heavy atom. The van der Waals surface area contributed by atoms with E-state index in [0.717, 1.165) is 0 Å². The van der Waals surface area contributed by atoms with Gasteiger partial charge in [0.05, 0.1) is 11.4 Å². The SMILES string of the molecule is CC(C)(C)NS(=O)(=O)c1c2ccc(-c3ccccc3)c1N2C(=O)C(F)(F)F. The summed E-state index contributed by atoms with van der Waals surface area (Å²) in [7, 11) is -4.13. The number of hydrogen-bond donors (Lipinski definition) is 1. The Morgan fingerprint density at radius 3 is 2.11 bits per heavy atom. The molecule has 4 rings (SSSR count). The smallest absolute Gasteiger partial charge is 0.270 e. The molecule has 0 unspecified atom stereocenters. The van der Waals surface area contributed by atoms with Crippen molar-refractivity contribution in [3.05, 3.63) is 42.5 Å². The second-order valence-corrected chi connectivity index (χ2v) is 8.79. The lowest BCUT2D eigenvalue weighted by Gasteiger charge is -2.39. The van der Waals surface area contributed by atoms with Crippen molar-refractivity contribution in [3.8, 4) is 11.1 Å². The number of carbonyl (C=O) groups is 1. The van der Waals surface area contributed by atoms with Gasteiger partial charge in [-0.2, -0.15) is 13.2 Å². The molecule has 9 heteroatoms. The van der Waals surface area contributed by atoms with Crippen LogP contribution < -0.4 is 9.62 Å². The number of amides is 1. The fraction of sp³-hybridized carbons (Fsp3) is 0.278. The minimum Gasteiger partial charge on any atom is -0.270 e.